The quantitative estimate of drug-likeness (QED) is 0.755. The van der Waals surface area contributed by atoms with Gasteiger partial charge in [-0.3, -0.25) is 9.59 Å². The van der Waals surface area contributed by atoms with Gasteiger partial charge >= 0.3 is 0 Å². The molecule has 1 aliphatic rings. The van der Waals surface area contributed by atoms with Gasteiger partial charge in [-0.1, -0.05) is 36.4 Å². The number of carbonyl (C=O) groups excluding carboxylic acids is 2. The van der Waals surface area contributed by atoms with Crippen molar-refractivity contribution in [1.29, 1.82) is 0 Å². The summed E-state index contributed by atoms with van der Waals surface area (Å²) >= 11 is 0. The average molecular weight is 402 g/mol. The van der Waals surface area contributed by atoms with Crippen LogP contribution in [-0.2, 0) is 11.2 Å². The molecule has 2 aromatic rings. The van der Waals surface area contributed by atoms with E-state index in [9.17, 15) is 9.59 Å². The van der Waals surface area contributed by atoms with Crippen LogP contribution in [-0.4, -0.2) is 36.3 Å². The number of nitrogens with two attached hydrogens (primary N) is 1. The van der Waals surface area contributed by atoms with Gasteiger partial charge in [0.05, 0.1) is 6.54 Å². The Morgan fingerprint density at radius 2 is 1.79 bits per heavy atom. The van der Waals surface area contributed by atoms with Gasteiger partial charge in [0.25, 0.3) is 5.91 Å². The van der Waals surface area contributed by atoms with Gasteiger partial charge in [-0.05, 0) is 55.4 Å². The zero-order valence-electron chi connectivity index (χ0n) is 16.2. The normalized spacial score (nSPS) is 14.2. The second kappa shape index (κ2) is 10.1. The van der Waals surface area contributed by atoms with Crippen LogP contribution in [0.1, 0.15) is 34.3 Å². The van der Waals surface area contributed by atoms with E-state index in [0.717, 1.165) is 37.9 Å². The number of carbonyl (C=O) groups is 2. The number of anilines is 1. The van der Waals surface area contributed by atoms with Crippen molar-refractivity contribution in [2.24, 2.45) is 5.92 Å². The highest BCUT2D eigenvalue weighted by Crippen LogP contribution is 2.21. The number of nitrogen functional groups attached to an aromatic ring is 1. The Morgan fingerprint density at radius 3 is 2.46 bits per heavy atom. The smallest absolute Gasteiger partial charge is 0.252 e. The van der Waals surface area contributed by atoms with Crippen molar-refractivity contribution < 1.29 is 9.59 Å². The molecule has 6 heteroatoms. The van der Waals surface area contributed by atoms with Crippen LogP contribution < -0.4 is 11.1 Å². The third-order valence-corrected chi connectivity index (χ3v) is 5.24. The number of halogens is 1. The SMILES string of the molecule is Cc1ccc(N)cc1C(=O)NCC(=O)N1CCC(Cc2ccccc2)CC1.Cl. The maximum absolute atomic E-state index is 12.4. The van der Waals surface area contributed by atoms with Gasteiger partial charge in [-0.25, -0.2) is 0 Å². The first kappa shape index (κ1) is 21.8. The third kappa shape index (κ3) is 5.73. The fourth-order valence-electron chi connectivity index (χ4n) is 3.58. The Bertz CT molecular complexity index is 803. The summed E-state index contributed by atoms with van der Waals surface area (Å²) in [7, 11) is 0. The predicted molar refractivity (Wildman–Crippen MR) is 115 cm³/mol. The molecule has 0 spiro atoms. The van der Waals surface area contributed by atoms with Gasteiger partial charge in [0.15, 0.2) is 0 Å². The Kier molecular flexibility index (Phi) is 7.88. The van der Waals surface area contributed by atoms with E-state index in [4.69, 9.17) is 5.73 Å². The van der Waals surface area contributed by atoms with E-state index >= 15 is 0 Å². The second-order valence-electron chi connectivity index (χ2n) is 7.27. The van der Waals surface area contributed by atoms with Crippen molar-refractivity contribution in [2.75, 3.05) is 25.4 Å². The molecular weight excluding hydrogens is 374 g/mol. The highest BCUT2D eigenvalue weighted by molar-refractivity contribution is 5.98. The topological polar surface area (TPSA) is 75.4 Å². The molecule has 1 heterocycles. The molecule has 0 bridgehead atoms. The largest absolute Gasteiger partial charge is 0.399 e. The van der Waals surface area contributed by atoms with E-state index in [1.807, 2.05) is 24.0 Å². The summed E-state index contributed by atoms with van der Waals surface area (Å²) in [6.45, 7) is 3.39. The molecule has 0 saturated carbocycles. The number of hydrogen-bond acceptors (Lipinski definition) is 3. The standard InChI is InChI=1S/C22H27N3O2.ClH/c1-16-7-8-19(23)14-20(16)22(27)24-15-21(26)25-11-9-18(10-12-25)13-17-5-3-2-4-6-17;/h2-8,14,18H,9-13,15,23H2,1H3,(H,24,27);1H. The fraction of sp³-hybridized carbons (Fsp3) is 0.364. The Morgan fingerprint density at radius 1 is 1.11 bits per heavy atom. The van der Waals surface area contributed by atoms with E-state index in [1.165, 1.54) is 5.56 Å². The first-order valence-electron chi connectivity index (χ1n) is 9.49. The number of hydrogen-bond donors (Lipinski definition) is 2. The lowest BCUT2D eigenvalue weighted by atomic mass is 9.90. The van der Waals surface area contributed by atoms with Crippen molar-refractivity contribution >= 4 is 29.9 Å². The number of rotatable bonds is 5. The number of amides is 2. The van der Waals surface area contributed by atoms with Crippen molar-refractivity contribution in [3.63, 3.8) is 0 Å². The monoisotopic (exact) mass is 401 g/mol. The van der Waals surface area contributed by atoms with Crippen LogP contribution in [0.3, 0.4) is 0 Å². The molecule has 3 N–H and O–H groups in total. The van der Waals surface area contributed by atoms with E-state index in [1.54, 1.807) is 12.1 Å². The molecule has 0 aromatic heterocycles. The summed E-state index contributed by atoms with van der Waals surface area (Å²) in [5.74, 6) is 0.330. The van der Waals surface area contributed by atoms with Crippen molar-refractivity contribution in [1.82, 2.24) is 10.2 Å². The van der Waals surface area contributed by atoms with Crippen LogP contribution in [0.15, 0.2) is 48.5 Å². The molecule has 0 radical (unpaired) electrons. The minimum atomic E-state index is -0.257. The number of benzene rings is 2. The molecular formula is C22H28ClN3O2. The highest BCUT2D eigenvalue weighted by Gasteiger charge is 2.23. The lowest BCUT2D eigenvalue weighted by Crippen LogP contribution is -2.44. The lowest BCUT2D eigenvalue weighted by molar-refractivity contribution is -0.131. The summed E-state index contributed by atoms with van der Waals surface area (Å²) in [6, 6.07) is 15.7. The first-order chi connectivity index (χ1) is 13.0. The molecule has 0 unspecified atom stereocenters. The number of nitrogens with one attached hydrogen (secondary N) is 1. The zero-order chi connectivity index (χ0) is 19.2. The molecule has 3 rings (SSSR count). The third-order valence-electron chi connectivity index (χ3n) is 5.24. The summed E-state index contributed by atoms with van der Waals surface area (Å²) in [6.07, 6.45) is 3.07. The van der Waals surface area contributed by atoms with Crippen LogP contribution in [0.2, 0.25) is 0 Å². The van der Waals surface area contributed by atoms with Gasteiger partial charge in [-0.2, -0.15) is 0 Å². The van der Waals surface area contributed by atoms with Gasteiger partial charge in [0.1, 0.15) is 0 Å². The summed E-state index contributed by atoms with van der Waals surface area (Å²) < 4.78 is 0. The minimum Gasteiger partial charge on any atom is -0.399 e. The number of aryl methyl sites for hydroxylation is 1. The van der Waals surface area contributed by atoms with Crippen LogP contribution in [0.4, 0.5) is 5.69 Å². The molecule has 2 aromatic carbocycles. The second-order valence-corrected chi connectivity index (χ2v) is 7.27. The number of nitrogens with zero attached hydrogens (tertiary/aromatic N) is 1. The van der Waals surface area contributed by atoms with Gasteiger partial charge in [-0.15, -0.1) is 12.4 Å². The first-order valence-corrected chi connectivity index (χ1v) is 9.49. The molecule has 1 saturated heterocycles. The number of likely N-dealkylation sites (tertiary alicyclic amines) is 1. The highest BCUT2D eigenvalue weighted by atomic mass is 35.5. The van der Waals surface area contributed by atoms with E-state index in [0.29, 0.717) is 17.2 Å². The van der Waals surface area contributed by atoms with Crippen molar-refractivity contribution in [2.45, 2.75) is 26.2 Å². The van der Waals surface area contributed by atoms with Crippen molar-refractivity contribution in [3.05, 3.63) is 65.2 Å². The Labute approximate surface area is 172 Å². The summed E-state index contributed by atoms with van der Waals surface area (Å²) in [4.78, 5) is 26.6. The van der Waals surface area contributed by atoms with Gasteiger partial charge in [0, 0.05) is 24.3 Å². The van der Waals surface area contributed by atoms with E-state index < -0.39 is 0 Å². The minimum absolute atomic E-state index is 0. The molecule has 150 valence electrons. The zero-order valence-corrected chi connectivity index (χ0v) is 17.0. The van der Waals surface area contributed by atoms with E-state index in [2.05, 4.69) is 29.6 Å². The van der Waals surface area contributed by atoms with E-state index in [-0.39, 0.29) is 30.8 Å². The Balaban J connectivity index is 0.00000280. The van der Waals surface area contributed by atoms with Crippen LogP contribution >= 0.6 is 12.4 Å². The predicted octanol–water partition coefficient (Wildman–Crippen LogP) is 3.21. The molecule has 5 nitrogen and oxygen atoms in total. The molecule has 1 aliphatic heterocycles. The van der Waals surface area contributed by atoms with Crippen LogP contribution in [0, 0.1) is 12.8 Å². The summed E-state index contributed by atoms with van der Waals surface area (Å²) in [5, 5.41) is 2.73. The lowest BCUT2D eigenvalue weighted by Gasteiger charge is -2.32. The van der Waals surface area contributed by atoms with Crippen LogP contribution in [0.25, 0.3) is 0 Å². The Hall–Kier alpha value is -2.53. The summed E-state index contributed by atoms with van der Waals surface area (Å²) in [5.41, 5.74) is 9.01. The van der Waals surface area contributed by atoms with Gasteiger partial charge in [0.2, 0.25) is 5.91 Å². The maximum atomic E-state index is 12.4. The molecule has 0 aliphatic carbocycles. The van der Waals surface area contributed by atoms with Crippen molar-refractivity contribution in [3.8, 4) is 0 Å². The van der Waals surface area contributed by atoms with Gasteiger partial charge < -0.3 is 16.0 Å². The fourth-order valence-corrected chi connectivity index (χ4v) is 3.58. The molecule has 0 atom stereocenters. The van der Waals surface area contributed by atoms with Crippen LogP contribution in [0.5, 0.6) is 0 Å². The average Bonchev–Trinajstić information content (AvgIpc) is 2.69. The molecule has 28 heavy (non-hydrogen) atoms. The maximum Gasteiger partial charge on any atom is 0.252 e. The molecule has 1 fully saturated rings. The number of piperidine rings is 1. The molecule has 2 amide bonds.